The number of carbonyl (C=O) groups is 1. The second-order valence-electron chi connectivity index (χ2n) is 5.41. The van der Waals surface area contributed by atoms with E-state index in [1.165, 1.54) is 17.5 Å². The SMILES string of the molecule is Cc1cc(Oc2ccc3c(c2)CCC3)c(C(=O)O)c(C)n1. The molecule has 0 bridgehead atoms. The van der Waals surface area contributed by atoms with E-state index in [9.17, 15) is 9.90 Å². The van der Waals surface area contributed by atoms with E-state index in [0.29, 0.717) is 17.2 Å². The van der Waals surface area contributed by atoms with Gasteiger partial charge in [-0.15, -0.1) is 0 Å². The van der Waals surface area contributed by atoms with Gasteiger partial charge in [0, 0.05) is 11.8 Å². The molecule has 0 amide bonds. The first-order chi connectivity index (χ1) is 10.0. The molecule has 4 heteroatoms. The number of nitrogens with zero attached hydrogens (tertiary/aromatic N) is 1. The van der Waals surface area contributed by atoms with Crippen LogP contribution >= 0.6 is 0 Å². The average molecular weight is 283 g/mol. The number of benzene rings is 1. The van der Waals surface area contributed by atoms with Gasteiger partial charge in [-0.2, -0.15) is 0 Å². The molecular weight excluding hydrogens is 266 g/mol. The summed E-state index contributed by atoms with van der Waals surface area (Å²) in [5, 5.41) is 9.35. The van der Waals surface area contributed by atoms with Crippen LogP contribution in [-0.2, 0) is 12.8 Å². The summed E-state index contributed by atoms with van der Waals surface area (Å²) in [5.74, 6) is 0.0183. The minimum absolute atomic E-state index is 0.126. The number of carboxylic acids is 1. The average Bonchev–Trinajstić information content (AvgIpc) is 2.84. The summed E-state index contributed by atoms with van der Waals surface area (Å²) in [6.45, 7) is 3.51. The van der Waals surface area contributed by atoms with E-state index in [4.69, 9.17) is 4.74 Å². The highest BCUT2D eigenvalue weighted by atomic mass is 16.5. The normalized spacial score (nSPS) is 13.0. The standard InChI is InChI=1S/C17H17NO3/c1-10-8-15(16(17(19)20)11(2)18-10)21-14-7-6-12-4-3-5-13(12)9-14/h6-9H,3-5H2,1-2H3,(H,19,20). The van der Waals surface area contributed by atoms with Gasteiger partial charge < -0.3 is 9.84 Å². The molecule has 0 fully saturated rings. The Morgan fingerprint density at radius 2 is 1.95 bits per heavy atom. The van der Waals surface area contributed by atoms with Crippen LogP contribution in [0.25, 0.3) is 0 Å². The Bertz CT molecular complexity index is 722. The van der Waals surface area contributed by atoms with Crippen molar-refractivity contribution < 1.29 is 14.6 Å². The number of ether oxygens (including phenoxy) is 1. The van der Waals surface area contributed by atoms with E-state index in [-0.39, 0.29) is 5.56 Å². The van der Waals surface area contributed by atoms with Crippen LogP contribution in [0.2, 0.25) is 0 Å². The largest absolute Gasteiger partial charge is 0.477 e. The predicted molar refractivity (Wildman–Crippen MR) is 79.2 cm³/mol. The lowest BCUT2D eigenvalue weighted by molar-refractivity contribution is 0.0693. The molecule has 1 aromatic carbocycles. The number of hydrogen-bond acceptors (Lipinski definition) is 3. The number of carboxylic acid groups (broad SMARTS) is 1. The maximum Gasteiger partial charge on any atom is 0.341 e. The maximum atomic E-state index is 11.4. The molecule has 0 unspecified atom stereocenters. The second-order valence-corrected chi connectivity index (χ2v) is 5.41. The molecule has 1 heterocycles. The van der Waals surface area contributed by atoms with Crippen LogP contribution in [0.15, 0.2) is 24.3 Å². The Hall–Kier alpha value is -2.36. The van der Waals surface area contributed by atoms with Gasteiger partial charge in [0.1, 0.15) is 17.1 Å². The number of aromatic nitrogens is 1. The van der Waals surface area contributed by atoms with Crippen molar-refractivity contribution in [3.05, 3.63) is 52.3 Å². The molecular formula is C17H17NO3. The summed E-state index contributed by atoms with van der Waals surface area (Å²) in [5.41, 5.74) is 4.00. The summed E-state index contributed by atoms with van der Waals surface area (Å²) < 4.78 is 5.84. The van der Waals surface area contributed by atoms with Gasteiger partial charge in [0.2, 0.25) is 0 Å². The maximum absolute atomic E-state index is 11.4. The Balaban J connectivity index is 1.99. The van der Waals surface area contributed by atoms with E-state index in [0.717, 1.165) is 18.5 Å². The zero-order valence-electron chi connectivity index (χ0n) is 12.1. The molecule has 1 aromatic heterocycles. The summed E-state index contributed by atoms with van der Waals surface area (Å²) >= 11 is 0. The summed E-state index contributed by atoms with van der Waals surface area (Å²) in [6, 6.07) is 7.66. The van der Waals surface area contributed by atoms with Gasteiger partial charge in [0.05, 0.1) is 5.69 Å². The first kappa shape index (κ1) is 13.6. The van der Waals surface area contributed by atoms with Crippen LogP contribution in [-0.4, -0.2) is 16.1 Å². The fourth-order valence-corrected chi connectivity index (χ4v) is 2.87. The van der Waals surface area contributed by atoms with E-state index in [1.807, 2.05) is 19.1 Å². The number of aryl methyl sites for hydroxylation is 4. The van der Waals surface area contributed by atoms with Crippen molar-refractivity contribution in [2.24, 2.45) is 0 Å². The zero-order chi connectivity index (χ0) is 15.0. The minimum atomic E-state index is -1.02. The molecule has 0 spiro atoms. The van der Waals surface area contributed by atoms with Crippen molar-refractivity contribution in [2.75, 3.05) is 0 Å². The molecule has 1 aliphatic carbocycles. The zero-order valence-corrected chi connectivity index (χ0v) is 12.1. The van der Waals surface area contributed by atoms with E-state index in [2.05, 4.69) is 11.1 Å². The van der Waals surface area contributed by atoms with Gasteiger partial charge in [-0.1, -0.05) is 6.07 Å². The van der Waals surface area contributed by atoms with Crippen molar-refractivity contribution in [2.45, 2.75) is 33.1 Å². The molecule has 1 N–H and O–H groups in total. The topological polar surface area (TPSA) is 59.4 Å². The van der Waals surface area contributed by atoms with Gasteiger partial charge in [0.15, 0.2) is 0 Å². The molecule has 1 aliphatic rings. The number of rotatable bonds is 3. The first-order valence-electron chi connectivity index (χ1n) is 7.06. The fraction of sp³-hybridized carbons (Fsp3) is 0.294. The predicted octanol–water partition coefficient (Wildman–Crippen LogP) is 3.68. The smallest absolute Gasteiger partial charge is 0.341 e. The second kappa shape index (κ2) is 5.20. The van der Waals surface area contributed by atoms with Crippen molar-refractivity contribution in [1.82, 2.24) is 4.98 Å². The molecule has 0 radical (unpaired) electrons. The molecule has 4 nitrogen and oxygen atoms in total. The molecule has 0 saturated carbocycles. The Morgan fingerprint density at radius 3 is 2.71 bits per heavy atom. The third-order valence-corrected chi connectivity index (χ3v) is 3.80. The van der Waals surface area contributed by atoms with Crippen LogP contribution in [0.1, 0.15) is 39.3 Å². The van der Waals surface area contributed by atoms with E-state index >= 15 is 0 Å². The summed E-state index contributed by atoms with van der Waals surface area (Å²) in [4.78, 5) is 15.6. The van der Waals surface area contributed by atoms with Crippen molar-refractivity contribution in [3.8, 4) is 11.5 Å². The fourth-order valence-electron chi connectivity index (χ4n) is 2.87. The van der Waals surface area contributed by atoms with Crippen molar-refractivity contribution in [1.29, 1.82) is 0 Å². The quantitative estimate of drug-likeness (QED) is 0.933. The Kier molecular flexibility index (Phi) is 3.37. The Morgan fingerprint density at radius 1 is 1.19 bits per heavy atom. The third-order valence-electron chi connectivity index (χ3n) is 3.80. The molecule has 3 rings (SSSR count). The summed E-state index contributed by atoms with van der Waals surface area (Å²) in [6.07, 6.45) is 3.35. The first-order valence-corrected chi connectivity index (χ1v) is 7.06. The van der Waals surface area contributed by atoms with Crippen LogP contribution in [0.3, 0.4) is 0 Å². The van der Waals surface area contributed by atoms with Gasteiger partial charge in [-0.3, -0.25) is 4.98 Å². The van der Waals surface area contributed by atoms with Crippen LogP contribution in [0.4, 0.5) is 0 Å². The number of hydrogen-bond donors (Lipinski definition) is 1. The van der Waals surface area contributed by atoms with Crippen LogP contribution in [0.5, 0.6) is 11.5 Å². The molecule has 0 aliphatic heterocycles. The molecule has 21 heavy (non-hydrogen) atoms. The van der Waals surface area contributed by atoms with Gasteiger partial charge in [-0.05, 0) is 56.4 Å². The molecule has 0 saturated heterocycles. The van der Waals surface area contributed by atoms with Crippen molar-refractivity contribution in [3.63, 3.8) is 0 Å². The van der Waals surface area contributed by atoms with E-state index < -0.39 is 5.97 Å². The number of fused-ring (bicyclic) bond motifs is 1. The Labute approximate surface area is 123 Å². The van der Waals surface area contributed by atoms with Crippen LogP contribution < -0.4 is 4.74 Å². The van der Waals surface area contributed by atoms with Gasteiger partial charge in [-0.25, -0.2) is 4.79 Å². The number of pyridine rings is 1. The van der Waals surface area contributed by atoms with Gasteiger partial charge in [0.25, 0.3) is 0 Å². The summed E-state index contributed by atoms with van der Waals surface area (Å²) in [7, 11) is 0. The molecule has 2 aromatic rings. The highest BCUT2D eigenvalue weighted by Gasteiger charge is 2.18. The monoisotopic (exact) mass is 283 g/mol. The lowest BCUT2D eigenvalue weighted by Gasteiger charge is -2.12. The van der Waals surface area contributed by atoms with Gasteiger partial charge >= 0.3 is 5.97 Å². The highest BCUT2D eigenvalue weighted by Crippen LogP contribution is 2.31. The molecule has 108 valence electrons. The van der Waals surface area contributed by atoms with E-state index in [1.54, 1.807) is 13.0 Å². The minimum Gasteiger partial charge on any atom is -0.477 e. The highest BCUT2D eigenvalue weighted by molar-refractivity contribution is 5.92. The lowest BCUT2D eigenvalue weighted by atomic mass is 10.1. The lowest BCUT2D eigenvalue weighted by Crippen LogP contribution is -2.06. The number of aromatic carboxylic acids is 1. The van der Waals surface area contributed by atoms with Crippen molar-refractivity contribution >= 4 is 5.97 Å². The third kappa shape index (κ3) is 2.61. The van der Waals surface area contributed by atoms with Crippen LogP contribution in [0, 0.1) is 13.8 Å². The molecule has 0 atom stereocenters.